The molecule has 362 valence electrons. The Balaban J connectivity index is 0.00000704. The number of hydrogen-bond donors (Lipinski definition) is 0. The topological polar surface area (TPSA) is 33.1 Å². The van der Waals surface area contributed by atoms with Crippen LogP contribution in [-0.2, 0) is 38.3 Å². The summed E-state index contributed by atoms with van der Waals surface area (Å²) in [5.41, 5.74) is 8.74. The van der Waals surface area contributed by atoms with Crippen molar-refractivity contribution in [3.8, 4) is 50.7 Å². The molecule has 0 saturated heterocycles. The Morgan fingerprint density at radius 2 is 1.21 bits per heavy atom. The smallest absolute Gasteiger partial charge is 0.509 e. The number of ether oxygens (including phenoxy) is 1. The molecule has 11 rings (SSSR count). The average molecular weight is 1140 g/mol. The van der Waals surface area contributed by atoms with Gasteiger partial charge in [-0.1, -0.05) is 194 Å². The zero-order valence-electron chi connectivity index (χ0n) is 48.6. The van der Waals surface area contributed by atoms with Gasteiger partial charge in [-0.3, -0.25) is 0 Å². The number of fused-ring (bicyclic) bond motifs is 4. The van der Waals surface area contributed by atoms with Gasteiger partial charge in [0.05, 0.1) is 16.6 Å². The van der Waals surface area contributed by atoms with E-state index in [9.17, 15) is 5.48 Å². The molecule has 73 heavy (non-hydrogen) atoms. The van der Waals surface area contributed by atoms with Crippen molar-refractivity contribution in [3.05, 3.63) is 217 Å². The molecule has 0 saturated carbocycles. The number of pyridine rings is 1. The van der Waals surface area contributed by atoms with Crippen LogP contribution in [0.2, 0.25) is 0 Å². The molecule has 1 aliphatic rings. The molecule has 0 aliphatic carbocycles. The van der Waals surface area contributed by atoms with E-state index >= 15 is 0 Å². The molecule has 0 N–H and O–H groups in total. The Morgan fingerprint density at radius 3 is 1.90 bits per heavy atom. The SMILES string of the molecule is [2H]c1cc(-c2ccccc2)cc([2H])c1-c1cccc(-c2c([2H])c(C(C)(C)C)cc(C(C)(C)C)c2[2H])c1[N+]1=C=[N+](c2[c-]c(Oc3[c-]c4c(cc3)c3ccccc3n4-c3cc(C([2H])([2H])C(C)(C)C)ccn3)ccc2)c2ccccc21.[Pt+2]. The second-order valence-electron chi connectivity index (χ2n) is 21.5. The second kappa shape index (κ2) is 19.2. The quantitative estimate of drug-likeness (QED) is 0.107. The number of hydrogen-bond acceptors (Lipinski definition) is 2. The normalized spacial score (nSPS) is 14.0. The summed E-state index contributed by atoms with van der Waals surface area (Å²) in [5.74, 6) is 1.43. The van der Waals surface area contributed by atoms with Crippen LogP contribution >= 0.6 is 0 Å². The van der Waals surface area contributed by atoms with Gasteiger partial charge < -0.3 is 9.30 Å². The summed E-state index contributed by atoms with van der Waals surface area (Å²) in [7, 11) is 0. The van der Waals surface area contributed by atoms with Crippen molar-refractivity contribution in [3.63, 3.8) is 0 Å². The molecule has 0 bridgehead atoms. The molecule has 10 aromatic rings. The van der Waals surface area contributed by atoms with Gasteiger partial charge in [0, 0.05) is 38.1 Å². The van der Waals surface area contributed by atoms with Crippen molar-refractivity contribution in [2.75, 3.05) is 0 Å². The Morgan fingerprint density at radius 1 is 0.589 bits per heavy atom. The van der Waals surface area contributed by atoms with Gasteiger partial charge in [-0.25, -0.2) is 4.98 Å². The van der Waals surface area contributed by atoms with Crippen molar-refractivity contribution < 1.29 is 34.0 Å². The van der Waals surface area contributed by atoms with E-state index in [1.807, 2.05) is 168 Å². The van der Waals surface area contributed by atoms with Crippen molar-refractivity contribution in [1.29, 1.82) is 0 Å². The van der Waals surface area contributed by atoms with E-state index in [1.54, 1.807) is 24.4 Å². The van der Waals surface area contributed by atoms with Crippen molar-refractivity contribution in [1.82, 2.24) is 18.7 Å². The third kappa shape index (κ3) is 9.81. The molecule has 0 spiro atoms. The van der Waals surface area contributed by atoms with Crippen LogP contribution in [0.25, 0.3) is 61.0 Å². The maximum absolute atomic E-state index is 9.96. The standard InChI is InChI=1S/C67H60N4O.Pt/c1-65(2,3)43-45-35-36-68-63(37-45)71-59-26-14-13-23-57(59)58-34-33-54(42-62(58)71)72-53-22-17-21-52(41-53)69-44-70(61-28-16-15-27-60(61)69)64-55(48-31-29-47(30-32-48)46-19-11-10-12-20-46)24-18-25-56(64)49-38-50(66(4,5)6)40-51(39-49)67(7,8)9;/h10-40H,43H2,1-9H3;/q;+2/i31D,32D,38D,39D,43D2;. The molecule has 1 aliphatic heterocycles. The predicted molar refractivity (Wildman–Crippen MR) is 300 cm³/mol. The summed E-state index contributed by atoms with van der Waals surface area (Å²) >= 11 is 0. The first-order chi connectivity index (χ1) is 37.0. The van der Waals surface area contributed by atoms with E-state index in [-0.39, 0.29) is 45.2 Å². The molecule has 3 heterocycles. The molecule has 0 atom stereocenters. The van der Waals surface area contributed by atoms with E-state index < -0.39 is 22.6 Å². The van der Waals surface area contributed by atoms with E-state index in [4.69, 9.17) is 12.5 Å². The largest absolute Gasteiger partial charge is 2.00 e. The third-order valence-electron chi connectivity index (χ3n) is 12.9. The Kier molecular flexibility index (Phi) is 11.1. The zero-order valence-corrected chi connectivity index (χ0v) is 44.9. The van der Waals surface area contributed by atoms with E-state index in [2.05, 4.69) is 65.7 Å². The van der Waals surface area contributed by atoms with E-state index in [0.29, 0.717) is 56.5 Å². The van der Waals surface area contributed by atoms with Gasteiger partial charge in [0.25, 0.3) is 11.4 Å². The van der Waals surface area contributed by atoms with Crippen LogP contribution in [0.1, 0.15) is 87.2 Å². The maximum Gasteiger partial charge on any atom is 2.00 e. The fraction of sp³-hybridized carbons (Fsp3) is 0.194. The second-order valence-corrected chi connectivity index (χ2v) is 21.5. The molecule has 2 aromatic heterocycles. The van der Waals surface area contributed by atoms with Gasteiger partial charge in [0.2, 0.25) is 5.69 Å². The average Bonchev–Trinajstić information content (AvgIpc) is 4.17. The molecule has 0 unspecified atom stereocenters. The fourth-order valence-electron chi connectivity index (χ4n) is 9.36. The first-order valence-corrected chi connectivity index (χ1v) is 24.5. The number of benzene rings is 8. The molecule has 0 radical (unpaired) electrons. The van der Waals surface area contributed by atoms with Crippen molar-refractivity contribution in [2.24, 2.45) is 5.41 Å². The molecule has 5 nitrogen and oxygen atoms in total. The van der Waals surface area contributed by atoms with Crippen LogP contribution in [0, 0.1) is 17.5 Å². The summed E-state index contributed by atoms with van der Waals surface area (Å²) < 4.78 is 69.8. The summed E-state index contributed by atoms with van der Waals surface area (Å²) in [4.78, 5) is 4.77. The van der Waals surface area contributed by atoms with Crippen LogP contribution in [-0.4, -0.2) is 15.6 Å². The number of rotatable bonds is 9. The van der Waals surface area contributed by atoms with Crippen LogP contribution in [0.3, 0.4) is 0 Å². The minimum absolute atomic E-state index is 0. The number of aromatic nitrogens is 2. The van der Waals surface area contributed by atoms with Crippen molar-refractivity contribution in [2.45, 2.75) is 79.5 Å². The first-order valence-electron chi connectivity index (χ1n) is 27.5. The Bertz CT molecular complexity index is 4080. The minimum Gasteiger partial charge on any atom is -0.509 e. The van der Waals surface area contributed by atoms with Gasteiger partial charge in [-0.15, -0.1) is 23.6 Å². The Hall–Kier alpha value is -7.42. The van der Waals surface area contributed by atoms with E-state index in [1.165, 1.54) is 0 Å². The van der Waals surface area contributed by atoms with Crippen LogP contribution in [0.15, 0.2) is 188 Å². The number of nitrogens with zero attached hydrogens (tertiary/aromatic N) is 4. The van der Waals surface area contributed by atoms with Gasteiger partial charge in [0.15, 0.2) is 0 Å². The maximum atomic E-state index is 9.96. The molecular formula is C67H60N4OPt+2. The summed E-state index contributed by atoms with van der Waals surface area (Å²) in [6.45, 7) is 18.3. The number of para-hydroxylation sites is 4. The first kappa shape index (κ1) is 42.1. The van der Waals surface area contributed by atoms with Crippen LogP contribution < -0.4 is 13.9 Å². The molecule has 0 fully saturated rings. The van der Waals surface area contributed by atoms with Crippen LogP contribution in [0.4, 0.5) is 22.7 Å². The molecule has 0 amide bonds. The van der Waals surface area contributed by atoms with Gasteiger partial charge in [0.1, 0.15) is 11.5 Å². The monoisotopic (exact) mass is 1140 g/mol. The van der Waals surface area contributed by atoms with Crippen molar-refractivity contribution >= 4 is 50.6 Å². The zero-order chi connectivity index (χ0) is 55.2. The third-order valence-corrected chi connectivity index (χ3v) is 12.9. The van der Waals surface area contributed by atoms with E-state index in [0.717, 1.165) is 55.4 Å². The molecule has 8 aromatic carbocycles. The van der Waals surface area contributed by atoms with Gasteiger partial charge in [-0.05, 0) is 102 Å². The summed E-state index contributed by atoms with van der Waals surface area (Å²) in [6.07, 6.45) is 0.0306. The molecule has 6 heteroatoms. The summed E-state index contributed by atoms with van der Waals surface area (Å²) in [5, 5.41) is 1.94. The van der Waals surface area contributed by atoms with Crippen LogP contribution in [0.5, 0.6) is 11.5 Å². The molecular weight excluding hydrogens is 1070 g/mol. The Labute approximate surface area is 453 Å². The fourth-order valence-corrected chi connectivity index (χ4v) is 9.36. The predicted octanol–water partition coefficient (Wildman–Crippen LogP) is 17.6. The minimum atomic E-state index is -1.63. The summed E-state index contributed by atoms with van der Waals surface area (Å²) in [6, 6.07) is 62.0. The van der Waals surface area contributed by atoms with Gasteiger partial charge >= 0.3 is 27.1 Å². The van der Waals surface area contributed by atoms with Gasteiger partial charge in [-0.2, -0.15) is 12.1 Å².